The number of methoxy groups -OCH3 is 2. The highest BCUT2D eigenvalue weighted by atomic mass is 79.9. The van der Waals surface area contributed by atoms with E-state index in [9.17, 15) is 0 Å². The van der Waals surface area contributed by atoms with E-state index in [1.807, 2.05) is 30.3 Å². The van der Waals surface area contributed by atoms with Crippen LogP contribution < -0.4 is 9.47 Å². The summed E-state index contributed by atoms with van der Waals surface area (Å²) in [6, 6.07) is 14.2. The first-order chi connectivity index (χ1) is 9.15. The van der Waals surface area contributed by atoms with Crippen LogP contribution in [0.25, 0.3) is 0 Å². The number of hydrogen-bond acceptors (Lipinski definition) is 2. The monoisotopic (exact) mass is 384 g/mol. The number of hydrogen-bond donors (Lipinski definition) is 0. The number of halogens is 2. The second-order valence-electron chi connectivity index (χ2n) is 4.03. The fraction of sp³-hybridized carbons (Fsp3) is 0.200. The molecule has 1 unspecified atom stereocenters. The van der Waals surface area contributed by atoms with E-state index in [2.05, 4.69) is 44.0 Å². The normalized spacial score (nSPS) is 12.0. The summed E-state index contributed by atoms with van der Waals surface area (Å²) in [6.07, 6.45) is 0. The molecule has 0 N–H and O–H groups in total. The van der Waals surface area contributed by atoms with Gasteiger partial charge in [0.05, 0.1) is 19.0 Å². The first-order valence-corrected chi connectivity index (χ1v) is 7.48. The van der Waals surface area contributed by atoms with Crippen molar-refractivity contribution in [1.29, 1.82) is 0 Å². The van der Waals surface area contributed by atoms with Crippen molar-refractivity contribution in [3.63, 3.8) is 0 Å². The van der Waals surface area contributed by atoms with Gasteiger partial charge in [-0.2, -0.15) is 0 Å². The Bertz CT molecular complexity index is 553. The van der Waals surface area contributed by atoms with E-state index in [0.717, 1.165) is 21.5 Å². The summed E-state index contributed by atoms with van der Waals surface area (Å²) in [5, 5.41) is 0. The molecule has 0 spiro atoms. The molecule has 0 saturated carbocycles. The standard InChI is InChI=1S/C15H14Br2O2/c1-18-13-8-5-11(9-14(13)19-2)15(17)10-3-6-12(16)7-4-10/h3-9,15H,1-2H3. The Labute approximate surface area is 130 Å². The van der Waals surface area contributed by atoms with Gasteiger partial charge in [0, 0.05) is 4.47 Å². The molecule has 0 saturated heterocycles. The predicted molar refractivity (Wildman–Crippen MR) is 84.5 cm³/mol. The highest BCUT2D eigenvalue weighted by Crippen LogP contribution is 2.36. The lowest BCUT2D eigenvalue weighted by molar-refractivity contribution is 0.354. The van der Waals surface area contributed by atoms with Gasteiger partial charge in [0.2, 0.25) is 0 Å². The molecule has 0 aliphatic rings. The second-order valence-corrected chi connectivity index (χ2v) is 5.86. The molecule has 4 heteroatoms. The van der Waals surface area contributed by atoms with E-state index >= 15 is 0 Å². The van der Waals surface area contributed by atoms with Gasteiger partial charge in [-0.15, -0.1) is 0 Å². The molecule has 0 heterocycles. The fourth-order valence-electron chi connectivity index (χ4n) is 1.83. The topological polar surface area (TPSA) is 18.5 Å². The minimum Gasteiger partial charge on any atom is -0.493 e. The lowest BCUT2D eigenvalue weighted by atomic mass is 10.0. The van der Waals surface area contributed by atoms with Crippen molar-refractivity contribution in [3.05, 3.63) is 58.1 Å². The van der Waals surface area contributed by atoms with Crippen LogP contribution in [-0.4, -0.2) is 14.2 Å². The molecule has 0 aliphatic carbocycles. The molecule has 19 heavy (non-hydrogen) atoms. The van der Waals surface area contributed by atoms with Crippen LogP contribution in [0.15, 0.2) is 46.9 Å². The van der Waals surface area contributed by atoms with Gasteiger partial charge in [0.15, 0.2) is 11.5 Å². The molecule has 0 amide bonds. The molecule has 1 atom stereocenters. The molecule has 0 bridgehead atoms. The van der Waals surface area contributed by atoms with Gasteiger partial charge in [-0.3, -0.25) is 0 Å². The quantitative estimate of drug-likeness (QED) is 0.693. The minimum absolute atomic E-state index is 0.125. The Morgan fingerprint density at radius 1 is 0.842 bits per heavy atom. The lowest BCUT2D eigenvalue weighted by Gasteiger charge is -2.14. The van der Waals surface area contributed by atoms with Gasteiger partial charge in [0.25, 0.3) is 0 Å². The molecule has 0 aliphatic heterocycles. The lowest BCUT2D eigenvalue weighted by Crippen LogP contribution is -1.96. The highest BCUT2D eigenvalue weighted by molar-refractivity contribution is 9.10. The summed E-state index contributed by atoms with van der Waals surface area (Å²) in [6.45, 7) is 0. The van der Waals surface area contributed by atoms with Crippen molar-refractivity contribution < 1.29 is 9.47 Å². The van der Waals surface area contributed by atoms with Crippen LogP contribution in [0.4, 0.5) is 0 Å². The van der Waals surface area contributed by atoms with Crippen LogP contribution in [0.2, 0.25) is 0 Å². The Kier molecular flexibility index (Phi) is 4.88. The van der Waals surface area contributed by atoms with Gasteiger partial charge in [-0.25, -0.2) is 0 Å². The zero-order chi connectivity index (χ0) is 13.8. The molecular weight excluding hydrogens is 372 g/mol. The average Bonchev–Trinajstić information content (AvgIpc) is 2.46. The third-order valence-corrected chi connectivity index (χ3v) is 4.45. The van der Waals surface area contributed by atoms with Gasteiger partial charge < -0.3 is 9.47 Å². The molecule has 100 valence electrons. The Morgan fingerprint density at radius 3 is 2.00 bits per heavy atom. The van der Waals surface area contributed by atoms with E-state index in [4.69, 9.17) is 9.47 Å². The second kappa shape index (κ2) is 6.44. The summed E-state index contributed by atoms with van der Waals surface area (Å²) in [5.74, 6) is 1.48. The van der Waals surface area contributed by atoms with Gasteiger partial charge >= 0.3 is 0 Å². The molecule has 2 nitrogen and oxygen atoms in total. The zero-order valence-corrected chi connectivity index (χ0v) is 13.9. The van der Waals surface area contributed by atoms with Gasteiger partial charge in [-0.05, 0) is 35.4 Å². The Balaban J connectivity index is 2.33. The van der Waals surface area contributed by atoms with Crippen molar-refractivity contribution in [2.24, 2.45) is 0 Å². The van der Waals surface area contributed by atoms with Gasteiger partial charge in [0.1, 0.15) is 0 Å². The van der Waals surface area contributed by atoms with Crippen LogP contribution in [0.3, 0.4) is 0 Å². The van der Waals surface area contributed by atoms with Crippen molar-refractivity contribution in [2.45, 2.75) is 4.83 Å². The first kappa shape index (κ1) is 14.4. The maximum absolute atomic E-state index is 5.33. The Hall–Kier alpha value is -1.00. The van der Waals surface area contributed by atoms with Crippen LogP contribution >= 0.6 is 31.9 Å². The first-order valence-electron chi connectivity index (χ1n) is 5.77. The van der Waals surface area contributed by atoms with Crippen LogP contribution in [-0.2, 0) is 0 Å². The summed E-state index contributed by atoms with van der Waals surface area (Å²) >= 11 is 7.16. The molecular formula is C15H14Br2O2. The summed E-state index contributed by atoms with van der Waals surface area (Å²) in [4.78, 5) is 0.125. The number of ether oxygens (including phenoxy) is 2. The Morgan fingerprint density at radius 2 is 1.42 bits per heavy atom. The van der Waals surface area contributed by atoms with Gasteiger partial charge in [-0.1, -0.05) is 50.1 Å². The molecule has 0 radical (unpaired) electrons. The molecule has 0 aromatic heterocycles. The zero-order valence-electron chi connectivity index (χ0n) is 10.7. The van der Waals surface area contributed by atoms with Crippen molar-refractivity contribution >= 4 is 31.9 Å². The summed E-state index contributed by atoms with van der Waals surface area (Å²) < 4.78 is 11.6. The molecule has 0 fully saturated rings. The number of benzene rings is 2. The number of rotatable bonds is 4. The molecule has 2 aromatic carbocycles. The van der Waals surface area contributed by atoms with Crippen LogP contribution in [0.1, 0.15) is 16.0 Å². The third kappa shape index (κ3) is 3.31. The van der Waals surface area contributed by atoms with E-state index in [0.29, 0.717) is 0 Å². The maximum atomic E-state index is 5.33. The fourth-order valence-corrected chi connectivity index (χ4v) is 2.69. The van der Waals surface area contributed by atoms with E-state index in [1.165, 1.54) is 5.56 Å². The van der Waals surface area contributed by atoms with Crippen molar-refractivity contribution in [1.82, 2.24) is 0 Å². The minimum atomic E-state index is 0.125. The molecule has 2 aromatic rings. The SMILES string of the molecule is COc1ccc(C(Br)c2ccc(Br)cc2)cc1OC. The largest absolute Gasteiger partial charge is 0.493 e. The van der Waals surface area contributed by atoms with E-state index in [-0.39, 0.29) is 4.83 Å². The highest BCUT2D eigenvalue weighted by Gasteiger charge is 2.13. The molecule has 2 rings (SSSR count). The average molecular weight is 386 g/mol. The van der Waals surface area contributed by atoms with Crippen molar-refractivity contribution in [3.8, 4) is 11.5 Å². The predicted octanol–water partition coefficient (Wildman–Crippen LogP) is 4.95. The number of alkyl halides is 1. The summed E-state index contributed by atoms with van der Waals surface area (Å²) in [5.41, 5.74) is 2.32. The van der Waals surface area contributed by atoms with Crippen LogP contribution in [0.5, 0.6) is 11.5 Å². The summed E-state index contributed by atoms with van der Waals surface area (Å²) in [7, 11) is 3.28. The third-order valence-electron chi connectivity index (χ3n) is 2.86. The van der Waals surface area contributed by atoms with Crippen molar-refractivity contribution in [2.75, 3.05) is 14.2 Å². The van der Waals surface area contributed by atoms with E-state index < -0.39 is 0 Å². The van der Waals surface area contributed by atoms with Crippen LogP contribution in [0, 0.1) is 0 Å². The maximum Gasteiger partial charge on any atom is 0.161 e. The van der Waals surface area contributed by atoms with E-state index in [1.54, 1.807) is 14.2 Å². The smallest absolute Gasteiger partial charge is 0.161 e.